The fourth-order valence-electron chi connectivity index (χ4n) is 6.00. The smallest absolute Gasteiger partial charge is 0.238 e. The van der Waals surface area contributed by atoms with Crippen LogP contribution >= 0.6 is 23.2 Å². The third-order valence-electron chi connectivity index (χ3n) is 7.90. The second kappa shape index (κ2) is 10.8. The lowest BCUT2D eigenvalue weighted by atomic mass is 9.67. The first kappa shape index (κ1) is 28.2. The van der Waals surface area contributed by atoms with Crippen molar-refractivity contribution in [3.63, 3.8) is 0 Å². The number of carbonyl (C=O) groups excluding carboxylic acids is 1. The van der Waals surface area contributed by atoms with Gasteiger partial charge in [-0.05, 0) is 55.0 Å². The fraction of sp³-hybridized carbons (Fsp3) is 0.519. The van der Waals surface area contributed by atoms with Crippen molar-refractivity contribution >= 4 is 29.1 Å². The first-order valence-corrected chi connectivity index (χ1v) is 13.2. The average Bonchev–Trinajstić information content (AvgIpc) is 3.08. The summed E-state index contributed by atoms with van der Waals surface area (Å²) in [7, 11) is 0. The van der Waals surface area contributed by atoms with Crippen molar-refractivity contribution in [3.8, 4) is 0 Å². The number of aliphatic hydroxyl groups excluding tert-OH is 2. The van der Waals surface area contributed by atoms with Gasteiger partial charge in [0.05, 0.1) is 29.3 Å². The van der Waals surface area contributed by atoms with Crippen molar-refractivity contribution in [2.45, 2.75) is 62.8 Å². The molecule has 4 rings (SSSR count). The zero-order chi connectivity index (χ0) is 27.1. The number of hydrogen-bond donors (Lipinski definition) is 4. The van der Waals surface area contributed by atoms with E-state index in [1.165, 1.54) is 18.2 Å². The highest BCUT2D eigenvalue weighted by Gasteiger charge is 2.63. The van der Waals surface area contributed by atoms with Crippen LogP contribution in [0.25, 0.3) is 0 Å². The molecule has 2 aliphatic rings. The van der Waals surface area contributed by atoms with Crippen molar-refractivity contribution in [1.29, 1.82) is 0 Å². The van der Waals surface area contributed by atoms with Gasteiger partial charge < -0.3 is 21.3 Å². The monoisotopic (exact) mass is 555 g/mol. The predicted octanol–water partition coefficient (Wildman–Crippen LogP) is 3.94. The van der Waals surface area contributed by atoms with Crippen LogP contribution in [0.2, 0.25) is 10.0 Å². The molecule has 1 amide bonds. The molecule has 0 radical (unpaired) electrons. The molecule has 37 heavy (non-hydrogen) atoms. The zero-order valence-electron chi connectivity index (χ0n) is 20.9. The molecule has 0 unspecified atom stereocenters. The predicted molar refractivity (Wildman–Crippen MR) is 139 cm³/mol. The molecule has 2 aromatic rings. The third kappa shape index (κ3) is 5.24. The Morgan fingerprint density at radius 1 is 1.27 bits per heavy atom. The van der Waals surface area contributed by atoms with Crippen molar-refractivity contribution < 1.29 is 23.8 Å². The van der Waals surface area contributed by atoms with Crippen molar-refractivity contribution in [2.75, 3.05) is 19.7 Å². The van der Waals surface area contributed by atoms with Crippen LogP contribution in [0.4, 0.5) is 8.78 Å². The van der Waals surface area contributed by atoms with Gasteiger partial charge >= 0.3 is 0 Å². The number of amides is 1. The zero-order valence-corrected chi connectivity index (χ0v) is 22.4. The van der Waals surface area contributed by atoms with E-state index in [1.54, 1.807) is 18.2 Å². The summed E-state index contributed by atoms with van der Waals surface area (Å²) in [6, 6.07) is 7.37. The number of nitrogens with two attached hydrogens (primary N) is 1. The summed E-state index contributed by atoms with van der Waals surface area (Å²) < 4.78 is 31.2. The number of nitrogens with zero attached hydrogens (tertiary/aromatic N) is 1. The molecule has 0 saturated carbocycles. The molecule has 2 saturated heterocycles. The molecule has 0 bridgehead atoms. The SMILES string of the molecule is CC1(C)CCN2[C@@H](C1)[C@](N)(c1ccc(Cl)cc1F)[C@@H](c1cccc(Cl)c1F)[C@@H]2C(=O)NCC[C@H](O)CO. The number of aliphatic hydroxyl groups is 2. The van der Waals surface area contributed by atoms with E-state index in [0.29, 0.717) is 13.0 Å². The summed E-state index contributed by atoms with van der Waals surface area (Å²) in [5.41, 5.74) is 5.88. The van der Waals surface area contributed by atoms with E-state index >= 15 is 8.78 Å². The number of fused-ring (bicyclic) bond motifs is 1. The third-order valence-corrected chi connectivity index (χ3v) is 8.43. The Hall–Kier alpha value is -1.81. The molecular weight excluding hydrogens is 523 g/mol. The maximum absolute atomic E-state index is 15.6. The molecule has 0 spiro atoms. The van der Waals surface area contributed by atoms with Crippen LogP contribution in [0, 0.1) is 17.0 Å². The molecule has 0 aliphatic carbocycles. The van der Waals surface area contributed by atoms with Gasteiger partial charge in [-0.2, -0.15) is 0 Å². The Kier molecular flexibility index (Phi) is 8.19. The summed E-state index contributed by atoms with van der Waals surface area (Å²) in [6.45, 7) is 4.37. The lowest BCUT2D eigenvalue weighted by molar-refractivity contribution is -0.127. The van der Waals surface area contributed by atoms with Gasteiger partial charge in [0.25, 0.3) is 0 Å². The Balaban J connectivity index is 1.89. The molecule has 2 aromatic carbocycles. The summed E-state index contributed by atoms with van der Waals surface area (Å²) in [5.74, 6) is -2.73. The van der Waals surface area contributed by atoms with Gasteiger partial charge in [-0.25, -0.2) is 8.78 Å². The van der Waals surface area contributed by atoms with Crippen LogP contribution < -0.4 is 11.1 Å². The lowest BCUT2D eigenvalue weighted by Gasteiger charge is -2.46. The second-order valence-electron chi connectivity index (χ2n) is 10.9. The van der Waals surface area contributed by atoms with Crippen molar-refractivity contribution in [3.05, 3.63) is 69.2 Å². The molecular formula is C27H33Cl2F2N3O3. The molecule has 5 N–H and O–H groups in total. The van der Waals surface area contributed by atoms with E-state index in [4.69, 9.17) is 34.0 Å². The number of halogens is 4. The van der Waals surface area contributed by atoms with E-state index < -0.39 is 53.8 Å². The first-order chi connectivity index (χ1) is 17.4. The molecule has 202 valence electrons. The maximum Gasteiger partial charge on any atom is 0.238 e. The van der Waals surface area contributed by atoms with Gasteiger partial charge in [0.1, 0.15) is 11.6 Å². The van der Waals surface area contributed by atoms with Crippen LogP contribution in [0.1, 0.15) is 50.2 Å². The van der Waals surface area contributed by atoms with E-state index in [2.05, 4.69) is 19.2 Å². The highest BCUT2D eigenvalue weighted by atomic mass is 35.5. The summed E-state index contributed by atoms with van der Waals surface area (Å²) in [6.07, 6.45) is 0.476. The van der Waals surface area contributed by atoms with E-state index in [-0.39, 0.29) is 39.6 Å². The standard InChI is InChI=1S/C27H33Cl2F2N3O3/c1-26(2)9-11-34-21(13-26)27(32,18-7-6-15(28)12-20(18)30)22(17-4-3-5-19(29)23(17)31)24(34)25(37)33-10-8-16(36)14-35/h3-7,12,16,21-22,24,35-36H,8-11,13-14,32H2,1-2H3,(H,33,37)/t16-,21-,22-,24+,27+/m0/s1. The maximum atomic E-state index is 15.6. The van der Waals surface area contributed by atoms with Gasteiger partial charge in [-0.1, -0.05) is 55.2 Å². The minimum Gasteiger partial charge on any atom is -0.394 e. The Morgan fingerprint density at radius 2 is 2.00 bits per heavy atom. The number of rotatable bonds is 7. The van der Waals surface area contributed by atoms with Gasteiger partial charge in [0, 0.05) is 29.1 Å². The van der Waals surface area contributed by atoms with Crippen LogP contribution in [0.15, 0.2) is 36.4 Å². The number of nitrogens with one attached hydrogen (secondary N) is 1. The van der Waals surface area contributed by atoms with Gasteiger partial charge in [0.2, 0.25) is 5.91 Å². The van der Waals surface area contributed by atoms with E-state index in [9.17, 15) is 9.90 Å². The van der Waals surface area contributed by atoms with Crippen LogP contribution in [0.3, 0.4) is 0 Å². The lowest BCUT2D eigenvalue weighted by Crippen LogP contribution is -2.56. The van der Waals surface area contributed by atoms with Gasteiger partial charge in [0.15, 0.2) is 0 Å². The first-order valence-electron chi connectivity index (χ1n) is 12.4. The Morgan fingerprint density at radius 3 is 2.68 bits per heavy atom. The summed E-state index contributed by atoms with van der Waals surface area (Å²) in [4.78, 5) is 15.7. The molecule has 6 nitrogen and oxygen atoms in total. The van der Waals surface area contributed by atoms with Gasteiger partial charge in [-0.15, -0.1) is 0 Å². The topological polar surface area (TPSA) is 98.8 Å². The van der Waals surface area contributed by atoms with E-state index in [1.807, 2.05) is 4.90 Å². The van der Waals surface area contributed by atoms with Crippen LogP contribution in [0.5, 0.6) is 0 Å². The Bertz CT molecular complexity index is 1170. The summed E-state index contributed by atoms with van der Waals surface area (Å²) >= 11 is 12.2. The molecule has 0 aromatic heterocycles. The highest BCUT2D eigenvalue weighted by molar-refractivity contribution is 6.31. The Labute approximate surface area is 225 Å². The normalized spacial score (nSPS) is 28.1. The minimum atomic E-state index is -1.50. The number of piperidine rings is 1. The number of hydrogen-bond acceptors (Lipinski definition) is 5. The largest absolute Gasteiger partial charge is 0.394 e. The quantitative estimate of drug-likeness (QED) is 0.414. The molecule has 2 heterocycles. The highest BCUT2D eigenvalue weighted by Crippen LogP contribution is 2.56. The second-order valence-corrected chi connectivity index (χ2v) is 11.8. The van der Waals surface area contributed by atoms with E-state index in [0.717, 1.165) is 6.42 Å². The molecule has 10 heteroatoms. The molecule has 5 atom stereocenters. The summed E-state index contributed by atoms with van der Waals surface area (Å²) in [5, 5.41) is 21.7. The van der Waals surface area contributed by atoms with Crippen LogP contribution in [-0.2, 0) is 10.3 Å². The van der Waals surface area contributed by atoms with Crippen molar-refractivity contribution in [1.82, 2.24) is 10.2 Å². The number of benzene rings is 2. The fourth-order valence-corrected chi connectivity index (χ4v) is 6.34. The average molecular weight is 556 g/mol. The van der Waals surface area contributed by atoms with Gasteiger partial charge in [-0.3, -0.25) is 9.69 Å². The van der Waals surface area contributed by atoms with Crippen molar-refractivity contribution in [2.24, 2.45) is 11.1 Å². The molecule has 2 aliphatic heterocycles. The minimum absolute atomic E-state index is 0.0959. The van der Waals surface area contributed by atoms with Crippen LogP contribution in [-0.4, -0.2) is 58.9 Å². The number of carbonyl (C=O) groups is 1. The molecule has 2 fully saturated rings.